The van der Waals surface area contributed by atoms with Crippen LogP contribution in [0.1, 0.15) is 219 Å². The zero-order chi connectivity index (χ0) is 28.1. The molecule has 1 aliphatic heterocycles. The van der Waals surface area contributed by atoms with Gasteiger partial charge in [-0.3, -0.25) is 0 Å². The highest BCUT2D eigenvalue weighted by atomic mass is 35.5. The Morgan fingerprint density at radius 1 is 0.463 bits per heavy atom. The number of hydrogen-bond acceptors (Lipinski definition) is 2. The van der Waals surface area contributed by atoms with E-state index in [1.807, 2.05) is 0 Å². The molecule has 1 heterocycles. The fourth-order valence-electron chi connectivity index (χ4n) is 6.34. The normalized spacial score (nSPS) is 14.6. The van der Waals surface area contributed by atoms with Crippen molar-refractivity contribution < 1.29 is 22.3 Å². The second-order valence-corrected chi connectivity index (χ2v) is 13.4. The van der Waals surface area contributed by atoms with Gasteiger partial charge in [0.05, 0.1) is 18.3 Å². The van der Waals surface area contributed by atoms with Crippen molar-refractivity contribution in [2.24, 2.45) is 0 Å². The first-order valence-electron chi connectivity index (χ1n) is 18.5. The van der Waals surface area contributed by atoms with Gasteiger partial charge in [0.1, 0.15) is 0 Å². The van der Waals surface area contributed by atoms with E-state index in [-0.39, 0.29) is 18.6 Å². The number of ether oxygens (including phenoxy) is 1. The third-order valence-electron chi connectivity index (χ3n) is 9.33. The molecule has 0 aromatic rings. The van der Waals surface area contributed by atoms with Crippen molar-refractivity contribution in [3.63, 3.8) is 0 Å². The van der Waals surface area contributed by atoms with E-state index in [0.29, 0.717) is 6.10 Å². The predicted molar refractivity (Wildman–Crippen MR) is 180 cm³/mol. The lowest BCUT2D eigenvalue weighted by atomic mass is 9.85. The summed E-state index contributed by atoms with van der Waals surface area (Å²) >= 11 is 0. The third kappa shape index (κ3) is 31.4. The summed E-state index contributed by atoms with van der Waals surface area (Å²) in [7, 11) is 0. The van der Waals surface area contributed by atoms with E-state index in [1.54, 1.807) is 0 Å². The van der Waals surface area contributed by atoms with Gasteiger partial charge in [0, 0.05) is 0 Å². The molecule has 0 amide bonds. The zero-order valence-electron chi connectivity index (χ0n) is 28.6. The van der Waals surface area contributed by atoms with E-state index < -0.39 is 5.60 Å². The summed E-state index contributed by atoms with van der Waals surface area (Å²) in [5.41, 5.74) is -0.430. The molecule has 0 aromatic carbocycles. The molecule has 0 saturated carbocycles. The van der Waals surface area contributed by atoms with Crippen molar-refractivity contribution >= 4 is 0 Å². The number of rotatable bonds is 33. The minimum Gasteiger partial charge on any atom is -1.00 e. The van der Waals surface area contributed by atoms with Crippen LogP contribution < -0.4 is 18.6 Å². The molecular weight excluding hydrogens is 526 g/mol. The molecule has 0 spiro atoms. The highest BCUT2D eigenvalue weighted by Crippen LogP contribution is 2.31. The molecule has 1 fully saturated rings. The van der Waals surface area contributed by atoms with Crippen LogP contribution in [0.2, 0.25) is 0 Å². The Balaban J connectivity index is 0. The van der Waals surface area contributed by atoms with Gasteiger partial charge in [-0.25, -0.2) is 0 Å². The molecule has 1 unspecified atom stereocenters. The first-order valence-corrected chi connectivity index (χ1v) is 18.5. The van der Waals surface area contributed by atoms with Gasteiger partial charge in [-0.05, 0) is 25.7 Å². The van der Waals surface area contributed by atoms with E-state index in [0.717, 1.165) is 32.3 Å². The molecule has 1 rings (SSSR count). The number of quaternary nitrogens is 1. The van der Waals surface area contributed by atoms with Crippen LogP contribution in [0.25, 0.3) is 0 Å². The molecule has 5 N–H and O–H groups in total. The highest BCUT2D eigenvalue weighted by Gasteiger charge is 2.30. The topological polar surface area (TPSA) is 69.3 Å². The van der Waals surface area contributed by atoms with Gasteiger partial charge in [-0.1, -0.05) is 194 Å². The predicted octanol–water partition coefficient (Wildman–Crippen LogP) is 10.0. The van der Waals surface area contributed by atoms with E-state index >= 15 is 0 Å². The standard InChI is InChI=1S/C37H74O2.ClH.H3N/c1-3-5-7-9-11-13-15-17-19-21-23-25-27-29-32-37(38,34-31-36-35-39-36)33-30-28-26-24-22-20-18-16-14-12-10-8-6-4-2;;/h36,38H,3-35H2,1-2H3;1H;1H3. The molecular formula is C37H78ClNO2. The molecule has 1 saturated heterocycles. The summed E-state index contributed by atoms with van der Waals surface area (Å²) in [6.45, 7) is 5.52. The maximum atomic E-state index is 11.4. The largest absolute Gasteiger partial charge is 1.00 e. The van der Waals surface area contributed by atoms with Crippen molar-refractivity contribution in [1.29, 1.82) is 0 Å². The SMILES string of the molecule is CCCCCCCCCCCCCCCCC(O)(CCCCCCCCCCCCCCCC)CCC1CO1.[Cl-].[NH4+]. The average molecular weight is 604 g/mol. The van der Waals surface area contributed by atoms with Crippen LogP contribution in [0.3, 0.4) is 0 Å². The number of aliphatic hydroxyl groups is 1. The minimum absolute atomic E-state index is 0. The molecule has 41 heavy (non-hydrogen) atoms. The quantitative estimate of drug-likeness (QED) is 0.0578. The fraction of sp³-hybridized carbons (Fsp3) is 1.00. The number of hydrogen-bond donors (Lipinski definition) is 2. The molecule has 1 atom stereocenters. The Kier molecular flexibility index (Phi) is 34.9. The lowest BCUT2D eigenvalue weighted by molar-refractivity contribution is -0.0000703. The lowest BCUT2D eigenvalue weighted by Crippen LogP contribution is -3.00. The molecule has 3 nitrogen and oxygen atoms in total. The Morgan fingerprint density at radius 3 is 0.951 bits per heavy atom. The number of epoxide rings is 1. The summed E-state index contributed by atoms with van der Waals surface area (Å²) in [6, 6.07) is 0. The van der Waals surface area contributed by atoms with Crippen LogP contribution in [0.5, 0.6) is 0 Å². The molecule has 1 aliphatic rings. The average Bonchev–Trinajstić information content (AvgIpc) is 3.77. The van der Waals surface area contributed by atoms with Gasteiger partial charge in [-0.15, -0.1) is 0 Å². The first kappa shape index (κ1) is 43.3. The van der Waals surface area contributed by atoms with E-state index in [4.69, 9.17) is 4.74 Å². The van der Waals surface area contributed by atoms with Crippen molar-refractivity contribution in [3.05, 3.63) is 0 Å². The minimum atomic E-state index is -0.430. The van der Waals surface area contributed by atoms with Gasteiger partial charge in [0.2, 0.25) is 0 Å². The highest BCUT2D eigenvalue weighted by molar-refractivity contribution is 4.82. The monoisotopic (exact) mass is 604 g/mol. The van der Waals surface area contributed by atoms with Crippen LogP contribution >= 0.6 is 0 Å². The Morgan fingerprint density at radius 2 is 0.707 bits per heavy atom. The number of halogens is 1. The van der Waals surface area contributed by atoms with Gasteiger partial charge < -0.3 is 28.4 Å². The summed E-state index contributed by atoms with van der Waals surface area (Å²) in [4.78, 5) is 0. The van der Waals surface area contributed by atoms with Crippen LogP contribution in [0.15, 0.2) is 0 Å². The summed E-state index contributed by atoms with van der Waals surface area (Å²) < 4.78 is 5.45. The Hall–Kier alpha value is 0.170. The second kappa shape index (κ2) is 33.1. The maximum absolute atomic E-state index is 11.4. The Labute approximate surface area is 265 Å². The van der Waals surface area contributed by atoms with Gasteiger partial charge in [0.15, 0.2) is 0 Å². The van der Waals surface area contributed by atoms with Crippen molar-refractivity contribution in [3.8, 4) is 0 Å². The van der Waals surface area contributed by atoms with Crippen LogP contribution in [0, 0.1) is 0 Å². The summed E-state index contributed by atoms with van der Waals surface area (Å²) in [5, 5.41) is 11.4. The van der Waals surface area contributed by atoms with Gasteiger partial charge in [0.25, 0.3) is 0 Å². The van der Waals surface area contributed by atoms with Crippen molar-refractivity contribution in [1.82, 2.24) is 6.15 Å². The molecule has 0 bridgehead atoms. The molecule has 0 radical (unpaired) electrons. The fourth-order valence-corrected chi connectivity index (χ4v) is 6.34. The van der Waals surface area contributed by atoms with E-state index in [1.165, 1.54) is 180 Å². The van der Waals surface area contributed by atoms with Crippen LogP contribution in [-0.2, 0) is 4.74 Å². The summed E-state index contributed by atoms with van der Waals surface area (Å²) in [6.07, 6.45) is 43.6. The molecule has 0 aliphatic carbocycles. The van der Waals surface area contributed by atoms with Crippen molar-refractivity contribution in [2.75, 3.05) is 6.61 Å². The van der Waals surface area contributed by atoms with Crippen LogP contribution in [-0.4, -0.2) is 23.4 Å². The number of unbranched alkanes of at least 4 members (excludes halogenated alkanes) is 26. The smallest absolute Gasteiger partial charge is 0.0811 e. The van der Waals surface area contributed by atoms with Gasteiger partial charge in [-0.2, -0.15) is 0 Å². The third-order valence-corrected chi connectivity index (χ3v) is 9.33. The molecule has 0 aromatic heterocycles. The van der Waals surface area contributed by atoms with Crippen molar-refractivity contribution in [2.45, 2.75) is 231 Å². The lowest BCUT2D eigenvalue weighted by Gasteiger charge is -2.28. The molecule has 250 valence electrons. The second-order valence-electron chi connectivity index (χ2n) is 13.4. The van der Waals surface area contributed by atoms with E-state index in [2.05, 4.69) is 13.8 Å². The van der Waals surface area contributed by atoms with Gasteiger partial charge >= 0.3 is 0 Å². The van der Waals surface area contributed by atoms with Crippen LogP contribution in [0.4, 0.5) is 0 Å². The maximum Gasteiger partial charge on any atom is 0.0811 e. The Bertz CT molecular complexity index is 454. The summed E-state index contributed by atoms with van der Waals surface area (Å²) in [5.74, 6) is 0. The first-order chi connectivity index (χ1) is 19.2. The van der Waals surface area contributed by atoms with E-state index in [9.17, 15) is 5.11 Å². The molecule has 4 heteroatoms. The zero-order valence-corrected chi connectivity index (χ0v) is 29.4.